The van der Waals surface area contributed by atoms with Gasteiger partial charge in [0.2, 0.25) is 0 Å². The third kappa shape index (κ3) is 5.41. The largest absolute Gasteiger partial charge is 0.419 e. The van der Waals surface area contributed by atoms with Crippen LogP contribution in [0, 0.1) is 5.82 Å². The number of rotatable bonds is 11. The van der Waals surface area contributed by atoms with Crippen molar-refractivity contribution in [3.8, 4) is 11.1 Å². The highest BCUT2D eigenvalue weighted by Crippen LogP contribution is 2.30. The van der Waals surface area contributed by atoms with Crippen LogP contribution in [-0.4, -0.2) is 0 Å². The summed E-state index contributed by atoms with van der Waals surface area (Å²) in [5.74, 6) is -0.390. The van der Waals surface area contributed by atoms with E-state index in [4.69, 9.17) is 4.42 Å². The van der Waals surface area contributed by atoms with Gasteiger partial charge in [-0.05, 0) is 47.6 Å². The molecule has 3 aromatic carbocycles. The lowest BCUT2D eigenvalue weighted by Gasteiger charge is -2.09. The summed E-state index contributed by atoms with van der Waals surface area (Å²) in [5.41, 5.74) is 3.49. The van der Waals surface area contributed by atoms with Crippen molar-refractivity contribution in [1.29, 1.82) is 0 Å². The van der Waals surface area contributed by atoms with Crippen LogP contribution in [0.4, 0.5) is 4.39 Å². The van der Waals surface area contributed by atoms with Crippen molar-refractivity contribution in [1.82, 2.24) is 0 Å². The van der Waals surface area contributed by atoms with Crippen LogP contribution in [0.3, 0.4) is 0 Å². The van der Waals surface area contributed by atoms with E-state index in [1.807, 2.05) is 30.3 Å². The lowest BCUT2D eigenvalue weighted by Crippen LogP contribution is -2.03. The number of hydrogen-bond acceptors (Lipinski definition) is 2. The highest BCUT2D eigenvalue weighted by atomic mass is 19.1. The van der Waals surface area contributed by atoms with Crippen molar-refractivity contribution < 1.29 is 8.81 Å². The average molecular weight is 459 g/mol. The molecule has 4 rings (SSSR count). The van der Waals surface area contributed by atoms with Crippen LogP contribution in [0.25, 0.3) is 32.9 Å². The molecule has 0 atom stereocenters. The van der Waals surface area contributed by atoms with E-state index in [1.54, 1.807) is 0 Å². The van der Waals surface area contributed by atoms with Gasteiger partial charge in [-0.2, -0.15) is 0 Å². The second kappa shape index (κ2) is 11.5. The van der Waals surface area contributed by atoms with Crippen LogP contribution in [0.1, 0.15) is 76.3 Å². The van der Waals surface area contributed by atoms with Gasteiger partial charge in [-0.3, -0.25) is 0 Å². The Morgan fingerprint density at radius 1 is 0.706 bits per heavy atom. The lowest BCUT2D eigenvalue weighted by molar-refractivity contribution is 0.520. The van der Waals surface area contributed by atoms with Gasteiger partial charge in [-0.15, -0.1) is 0 Å². The Morgan fingerprint density at radius 3 is 2.06 bits per heavy atom. The zero-order chi connectivity index (χ0) is 23.9. The van der Waals surface area contributed by atoms with Crippen LogP contribution in [0.2, 0.25) is 0 Å². The highest BCUT2D eigenvalue weighted by Gasteiger charge is 2.15. The summed E-state index contributed by atoms with van der Waals surface area (Å²) in [5, 5.41) is 1.87. The van der Waals surface area contributed by atoms with Gasteiger partial charge in [0.15, 0.2) is 11.4 Å². The monoisotopic (exact) mass is 458 g/mol. The first-order chi connectivity index (χ1) is 16.6. The van der Waals surface area contributed by atoms with Crippen LogP contribution in [0.5, 0.6) is 0 Å². The zero-order valence-electron chi connectivity index (χ0n) is 20.5. The summed E-state index contributed by atoms with van der Waals surface area (Å²) in [4.78, 5) is 12.8. The molecule has 0 aliphatic heterocycles. The molecule has 0 aliphatic carbocycles. The van der Waals surface area contributed by atoms with Crippen molar-refractivity contribution in [2.75, 3.05) is 0 Å². The maximum Gasteiger partial charge on any atom is 0.344 e. The summed E-state index contributed by atoms with van der Waals surface area (Å²) in [6.45, 7) is 4.36. The number of aryl methyl sites for hydroxylation is 2. The van der Waals surface area contributed by atoms with Crippen LogP contribution in [0.15, 0.2) is 63.8 Å². The number of halogens is 1. The maximum atomic E-state index is 15.3. The SMILES string of the molecule is CCCCCCCCCCc1ccc2c(oc(=O)c3cc(-c4ccc(CC)cc4)ccc32)c1F. The van der Waals surface area contributed by atoms with Crippen molar-refractivity contribution in [3.05, 3.63) is 82.0 Å². The zero-order valence-corrected chi connectivity index (χ0v) is 20.5. The third-order valence-corrected chi connectivity index (χ3v) is 6.90. The molecule has 1 heterocycles. The van der Waals surface area contributed by atoms with Crippen molar-refractivity contribution in [2.24, 2.45) is 0 Å². The van der Waals surface area contributed by atoms with E-state index >= 15 is 4.39 Å². The van der Waals surface area contributed by atoms with Crippen LogP contribution < -0.4 is 5.63 Å². The van der Waals surface area contributed by atoms with E-state index in [1.165, 1.54) is 44.1 Å². The van der Waals surface area contributed by atoms with Crippen molar-refractivity contribution >= 4 is 21.7 Å². The second-order valence-electron chi connectivity index (χ2n) is 9.34. The van der Waals surface area contributed by atoms with Gasteiger partial charge >= 0.3 is 5.63 Å². The minimum absolute atomic E-state index is 0.0783. The van der Waals surface area contributed by atoms with Gasteiger partial charge < -0.3 is 4.42 Å². The van der Waals surface area contributed by atoms with E-state index in [0.29, 0.717) is 22.8 Å². The predicted octanol–water partition coefficient (Wildman–Crippen LogP) is 9.00. The number of unbranched alkanes of at least 4 members (excludes halogenated alkanes) is 7. The molecule has 0 amide bonds. The van der Waals surface area contributed by atoms with E-state index in [0.717, 1.165) is 35.8 Å². The Labute approximate surface area is 201 Å². The molecular formula is C31H35FO2. The molecule has 0 unspecified atom stereocenters. The molecule has 0 bridgehead atoms. The molecule has 0 N–H and O–H groups in total. The summed E-state index contributed by atoms with van der Waals surface area (Å²) in [6, 6.07) is 17.9. The molecule has 0 aliphatic rings. The van der Waals surface area contributed by atoms with Gasteiger partial charge in [-0.1, -0.05) is 107 Å². The first kappa shape index (κ1) is 24.2. The van der Waals surface area contributed by atoms with Gasteiger partial charge in [0.25, 0.3) is 0 Å². The van der Waals surface area contributed by atoms with Gasteiger partial charge in [-0.25, -0.2) is 9.18 Å². The van der Waals surface area contributed by atoms with E-state index in [9.17, 15) is 4.79 Å². The highest BCUT2D eigenvalue weighted by molar-refractivity contribution is 6.05. The van der Waals surface area contributed by atoms with Crippen molar-refractivity contribution in [2.45, 2.75) is 78.1 Å². The molecule has 0 radical (unpaired) electrons. The van der Waals surface area contributed by atoms with Crippen molar-refractivity contribution in [3.63, 3.8) is 0 Å². The van der Waals surface area contributed by atoms with Gasteiger partial charge in [0.05, 0.1) is 5.39 Å². The van der Waals surface area contributed by atoms with E-state index < -0.39 is 11.4 Å². The summed E-state index contributed by atoms with van der Waals surface area (Å²) < 4.78 is 20.8. The summed E-state index contributed by atoms with van der Waals surface area (Å²) in [7, 11) is 0. The molecule has 0 saturated heterocycles. The summed E-state index contributed by atoms with van der Waals surface area (Å²) in [6.07, 6.45) is 11.4. The Balaban J connectivity index is 1.53. The standard InChI is InChI=1S/C31H35FO2/c1-3-5-6-7-8-9-10-11-12-24-17-20-27-26-19-18-25(23-15-13-22(4-2)14-16-23)21-28(26)31(33)34-30(27)29(24)32/h13-21H,3-12H2,1-2H3. The molecule has 178 valence electrons. The molecule has 2 nitrogen and oxygen atoms in total. The van der Waals surface area contributed by atoms with E-state index in [2.05, 4.69) is 38.1 Å². The minimum Gasteiger partial charge on any atom is -0.419 e. The molecule has 3 heteroatoms. The smallest absolute Gasteiger partial charge is 0.344 e. The lowest BCUT2D eigenvalue weighted by atomic mass is 9.98. The fraction of sp³-hybridized carbons (Fsp3) is 0.387. The predicted molar refractivity (Wildman–Crippen MR) is 141 cm³/mol. The normalized spacial score (nSPS) is 11.5. The topological polar surface area (TPSA) is 30.2 Å². The maximum absolute atomic E-state index is 15.3. The van der Waals surface area contributed by atoms with Crippen LogP contribution >= 0.6 is 0 Å². The summed E-state index contributed by atoms with van der Waals surface area (Å²) >= 11 is 0. The van der Waals surface area contributed by atoms with Crippen LogP contribution in [-0.2, 0) is 12.8 Å². The molecule has 34 heavy (non-hydrogen) atoms. The quantitative estimate of drug-likeness (QED) is 0.127. The molecule has 0 fully saturated rings. The molecular weight excluding hydrogens is 423 g/mol. The second-order valence-corrected chi connectivity index (χ2v) is 9.34. The third-order valence-electron chi connectivity index (χ3n) is 6.90. The molecule has 4 aromatic rings. The first-order valence-corrected chi connectivity index (χ1v) is 12.9. The van der Waals surface area contributed by atoms with E-state index in [-0.39, 0.29) is 5.58 Å². The fourth-order valence-corrected chi connectivity index (χ4v) is 4.76. The first-order valence-electron chi connectivity index (χ1n) is 12.9. The molecule has 1 aromatic heterocycles. The Morgan fingerprint density at radius 2 is 1.35 bits per heavy atom. The Hall–Kier alpha value is -2.94. The molecule has 0 spiro atoms. The Bertz CT molecular complexity index is 1300. The number of hydrogen-bond donors (Lipinski definition) is 0. The minimum atomic E-state index is -0.488. The number of fused-ring (bicyclic) bond motifs is 3. The number of benzene rings is 3. The molecule has 0 saturated carbocycles. The Kier molecular flexibility index (Phi) is 8.16. The van der Waals surface area contributed by atoms with Gasteiger partial charge in [0, 0.05) is 10.8 Å². The fourth-order valence-electron chi connectivity index (χ4n) is 4.76. The van der Waals surface area contributed by atoms with Gasteiger partial charge in [0.1, 0.15) is 0 Å². The average Bonchev–Trinajstić information content (AvgIpc) is 2.87.